The van der Waals surface area contributed by atoms with Crippen LogP contribution in [0.15, 0.2) is 24.3 Å². The average molecular weight is 296 g/mol. The van der Waals surface area contributed by atoms with Gasteiger partial charge in [-0.2, -0.15) is 0 Å². The average Bonchev–Trinajstić information content (AvgIpc) is 2.76. The summed E-state index contributed by atoms with van der Waals surface area (Å²) in [6.07, 6.45) is 0.494. The molecule has 118 valence electrons. The summed E-state index contributed by atoms with van der Waals surface area (Å²) in [5.41, 5.74) is 0.736. The molecular weight excluding hydrogens is 271 g/mol. The molecule has 3 atom stereocenters. The molecule has 1 saturated heterocycles. The van der Waals surface area contributed by atoms with Crippen LogP contribution >= 0.6 is 0 Å². The zero-order chi connectivity index (χ0) is 15.4. The van der Waals surface area contributed by atoms with Crippen molar-refractivity contribution in [2.24, 2.45) is 0 Å². The molecule has 2 rings (SSSR count). The molecule has 1 aliphatic rings. The van der Waals surface area contributed by atoms with Crippen LogP contribution in [-0.4, -0.2) is 65.9 Å². The third-order valence-electron chi connectivity index (χ3n) is 4.03. The number of hydrogen-bond acceptors (Lipinski definition) is 4. The summed E-state index contributed by atoms with van der Waals surface area (Å²) in [4.78, 5) is 4.35. The normalized spacial score (nSPS) is 24.7. The van der Waals surface area contributed by atoms with Crippen molar-refractivity contribution in [1.82, 2.24) is 9.80 Å². The molecule has 0 radical (unpaired) electrons. The Hall–Kier alpha value is -1.01. The largest absolute Gasteiger partial charge is 0.392 e. The number of β-amino-alcohol motifs (C(OH)–C–C–N with tert-alkyl or cyclic N) is 1. The van der Waals surface area contributed by atoms with E-state index in [9.17, 15) is 14.6 Å². The second-order valence-electron chi connectivity index (χ2n) is 6.16. The molecule has 1 aromatic rings. The zero-order valence-corrected chi connectivity index (χ0v) is 12.7. The molecule has 4 nitrogen and oxygen atoms in total. The lowest BCUT2D eigenvalue weighted by Gasteiger charge is -2.27. The first-order chi connectivity index (χ1) is 9.95. The molecule has 5 heteroatoms. The van der Waals surface area contributed by atoms with Gasteiger partial charge in [-0.3, -0.25) is 4.90 Å². The van der Waals surface area contributed by atoms with Gasteiger partial charge in [-0.25, -0.2) is 4.39 Å². The van der Waals surface area contributed by atoms with Gasteiger partial charge in [-0.1, -0.05) is 12.1 Å². The van der Waals surface area contributed by atoms with Crippen molar-refractivity contribution >= 4 is 0 Å². The fraction of sp³-hybridized carbons (Fsp3) is 0.625. The molecular formula is C16H25FN2O2. The smallest absolute Gasteiger partial charge is 0.123 e. The SMILES string of the molecule is CN(C)CC1CC(O)CN1CCC(O)c1ccc(F)cc1. The summed E-state index contributed by atoms with van der Waals surface area (Å²) in [7, 11) is 4.05. The van der Waals surface area contributed by atoms with Crippen LogP contribution in [-0.2, 0) is 0 Å². The van der Waals surface area contributed by atoms with E-state index in [2.05, 4.69) is 9.80 Å². The van der Waals surface area contributed by atoms with Crippen LogP contribution in [0.2, 0.25) is 0 Å². The predicted molar refractivity (Wildman–Crippen MR) is 80.5 cm³/mol. The molecule has 0 spiro atoms. The quantitative estimate of drug-likeness (QED) is 0.829. The van der Waals surface area contributed by atoms with Gasteiger partial charge in [0.2, 0.25) is 0 Å². The number of likely N-dealkylation sites (N-methyl/N-ethyl adjacent to an activating group) is 1. The third-order valence-corrected chi connectivity index (χ3v) is 4.03. The molecule has 0 aromatic heterocycles. The number of rotatable bonds is 6. The van der Waals surface area contributed by atoms with E-state index in [0.29, 0.717) is 19.0 Å². The van der Waals surface area contributed by atoms with E-state index in [1.54, 1.807) is 12.1 Å². The lowest BCUT2D eigenvalue weighted by Crippen LogP contribution is -2.38. The minimum absolute atomic E-state index is 0.280. The van der Waals surface area contributed by atoms with Crippen molar-refractivity contribution in [3.8, 4) is 0 Å². The Morgan fingerprint density at radius 3 is 2.62 bits per heavy atom. The van der Waals surface area contributed by atoms with Gasteiger partial charge in [0.25, 0.3) is 0 Å². The standard InChI is InChI=1S/C16H25FN2O2/c1-18(2)10-14-9-15(20)11-19(14)8-7-16(21)12-3-5-13(17)6-4-12/h3-6,14-16,20-21H,7-11H2,1-2H3. The summed E-state index contributed by atoms with van der Waals surface area (Å²) in [6.45, 7) is 2.30. The molecule has 2 N–H and O–H groups in total. The van der Waals surface area contributed by atoms with Gasteiger partial charge in [0.05, 0.1) is 12.2 Å². The zero-order valence-electron chi connectivity index (χ0n) is 12.7. The third kappa shape index (κ3) is 4.74. The summed E-state index contributed by atoms with van der Waals surface area (Å²) in [5.74, 6) is -0.292. The second kappa shape index (κ2) is 7.31. The number of aliphatic hydroxyl groups excluding tert-OH is 2. The minimum atomic E-state index is -0.594. The highest BCUT2D eigenvalue weighted by molar-refractivity contribution is 5.18. The summed E-state index contributed by atoms with van der Waals surface area (Å²) < 4.78 is 12.9. The number of benzene rings is 1. The van der Waals surface area contributed by atoms with Gasteiger partial charge >= 0.3 is 0 Å². The van der Waals surface area contributed by atoms with Gasteiger partial charge < -0.3 is 15.1 Å². The lowest BCUT2D eigenvalue weighted by molar-refractivity contribution is 0.125. The van der Waals surface area contributed by atoms with Crippen LogP contribution in [0, 0.1) is 5.82 Å². The monoisotopic (exact) mass is 296 g/mol. The predicted octanol–water partition coefficient (Wildman–Crippen LogP) is 1.25. The van der Waals surface area contributed by atoms with Crippen molar-refractivity contribution in [2.75, 3.05) is 33.7 Å². The van der Waals surface area contributed by atoms with Crippen molar-refractivity contribution in [3.63, 3.8) is 0 Å². The lowest BCUT2D eigenvalue weighted by atomic mass is 10.1. The molecule has 1 aromatic carbocycles. The Labute approximate surface area is 125 Å². The van der Waals surface area contributed by atoms with Crippen molar-refractivity contribution < 1.29 is 14.6 Å². The summed E-state index contributed by atoms with van der Waals surface area (Å²) in [6, 6.07) is 6.31. The van der Waals surface area contributed by atoms with Crippen molar-refractivity contribution in [3.05, 3.63) is 35.6 Å². The van der Waals surface area contributed by atoms with E-state index >= 15 is 0 Å². The molecule has 0 bridgehead atoms. The molecule has 21 heavy (non-hydrogen) atoms. The number of halogens is 1. The number of likely N-dealkylation sites (tertiary alicyclic amines) is 1. The minimum Gasteiger partial charge on any atom is -0.392 e. The van der Waals surface area contributed by atoms with Crippen LogP contribution < -0.4 is 0 Å². The van der Waals surface area contributed by atoms with Gasteiger partial charge in [0, 0.05) is 25.7 Å². The van der Waals surface area contributed by atoms with Crippen molar-refractivity contribution in [2.45, 2.75) is 31.1 Å². The molecule has 0 saturated carbocycles. The van der Waals surface area contributed by atoms with Crippen molar-refractivity contribution in [1.29, 1.82) is 0 Å². The van der Waals surface area contributed by atoms with Gasteiger partial charge in [0.1, 0.15) is 5.82 Å². The number of nitrogens with zero attached hydrogens (tertiary/aromatic N) is 2. The maximum atomic E-state index is 12.9. The van der Waals surface area contributed by atoms with E-state index in [1.165, 1.54) is 12.1 Å². The van der Waals surface area contributed by atoms with Crippen LogP contribution in [0.5, 0.6) is 0 Å². The van der Waals surface area contributed by atoms with E-state index in [-0.39, 0.29) is 11.9 Å². The maximum Gasteiger partial charge on any atom is 0.123 e. The molecule has 1 heterocycles. The first-order valence-electron chi connectivity index (χ1n) is 7.46. The first-order valence-corrected chi connectivity index (χ1v) is 7.46. The number of hydrogen-bond donors (Lipinski definition) is 2. The van der Waals surface area contributed by atoms with E-state index in [4.69, 9.17) is 0 Å². The summed E-state index contributed by atoms with van der Waals surface area (Å²) in [5, 5.41) is 20.0. The highest BCUT2D eigenvalue weighted by atomic mass is 19.1. The fourth-order valence-corrected chi connectivity index (χ4v) is 2.98. The van der Waals surface area contributed by atoms with Crippen LogP contribution in [0.25, 0.3) is 0 Å². The van der Waals surface area contributed by atoms with Crippen LogP contribution in [0.3, 0.4) is 0 Å². The van der Waals surface area contributed by atoms with E-state index < -0.39 is 6.10 Å². The Morgan fingerprint density at radius 2 is 2.00 bits per heavy atom. The number of aliphatic hydroxyl groups is 2. The Balaban J connectivity index is 1.87. The van der Waals surface area contributed by atoms with Gasteiger partial charge in [0.15, 0.2) is 0 Å². The van der Waals surface area contributed by atoms with E-state index in [0.717, 1.165) is 25.1 Å². The van der Waals surface area contributed by atoms with Crippen LogP contribution in [0.1, 0.15) is 24.5 Å². The fourth-order valence-electron chi connectivity index (χ4n) is 2.98. The van der Waals surface area contributed by atoms with E-state index in [1.807, 2.05) is 14.1 Å². The highest BCUT2D eigenvalue weighted by Gasteiger charge is 2.31. The maximum absolute atomic E-state index is 12.9. The second-order valence-corrected chi connectivity index (χ2v) is 6.16. The Morgan fingerprint density at radius 1 is 1.33 bits per heavy atom. The summed E-state index contributed by atoms with van der Waals surface area (Å²) >= 11 is 0. The van der Waals surface area contributed by atoms with Gasteiger partial charge in [-0.15, -0.1) is 0 Å². The van der Waals surface area contributed by atoms with Gasteiger partial charge in [-0.05, 0) is 44.6 Å². The molecule has 1 fully saturated rings. The molecule has 0 aliphatic carbocycles. The Kier molecular flexibility index (Phi) is 5.70. The Bertz CT molecular complexity index is 438. The molecule has 0 amide bonds. The molecule has 3 unspecified atom stereocenters. The first kappa shape index (κ1) is 16.4. The topological polar surface area (TPSA) is 46.9 Å². The van der Waals surface area contributed by atoms with Crippen LogP contribution in [0.4, 0.5) is 4.39 Å². The highest BCUT2D eigenvalue weighted by Crippen LogP contribution is 2.22. The molecule has 1 aliphatic heterocycles.